The lowest BCUT2D eigenvalue weighted by molar-refractivity contribution is -0.0846. The molecule has 0 heterocycles. The van der Waals surface area contributed by atoms with E-state index >= 15 is 0 Å². The number of aliphatic hydroxyl groups is 1. The number of carbonyl (C=O) groups is 4. The van der Waals surface area contributed by atoms with E-state index in [0.29, 0.717) is 11.1 Å². The predicted molar refractivity (Wildman–Crippen MR) is 172 cm³/mol. The first-order chi connectivity index (χ1) is 22.3. The zero-order valence-corrected chi connectivity index (χ0v) is 24.8. The van der Waals surface area contributed by atoms with Gasteiger partial charge < -0.3 is 5.11 Å². The van der Waals surface area contributed by atoms with Crippen molar-refractivity contribution in [2.75, 3.05) is 0 Å². The summed E-state index contributed by atoms with van der Waals surface area (Å²) in [7, 11) is 0. The van der Waals surface area contributed by atoms with Gasteiger partial charge in [-0.1, -0.05) is 121 Å². The first-order valence-electron chi connectivity index (χ1n) is 15.1. The number of halogens is 1. The molecule has 5 aromatic carbocycles. The summed E-state index contributed by atoms with van der Waals surface area (Å²) in [5, 5.41) is 12.9. The lowest BCUT2D eigenvalue weighted by atomic mass is 9.52. The highest BCUT2D eigenvalue weighted by Gasteiger charge is 2.61. The molecule has 5 aromatic rings. The second kappa shape index (κ2) is 13.0. The molecule has 1 aliphatic carbocycles. The smallest absolute Gasteiger partial charge is 0.169 e. The van der Waals surface area contributed by atoms with Crippen molar-refractivity contribution in [2.45, 2.75) is 12.0 Å². The highest BCUT2D eigenvalue weighted by molar-refractivity contribution is 6.12. The van der Waals surface area contributed by atoms with Gasteiger partial charge in [0.25, 0.3) is 0 Å². The molecule has 228 valence electrons. The Balaban J connectivity index is 1.64. The standard InChI is InChI=1S/C40H31FO5/c41-31-23-21-29(22-24-31)37(43)33-32(36(42)26-13-5-1-6-14-26)25-40(46,30-19-11-4-12-20-30)35(39(45)28-17-9-3-10-18-28)34(33)38(44)27-15-7-2-8-16-27/h1-24,32-35,46H,25H2/t32-,33+,34-,35+,40+/m1/s1. The molecule has 6 heteroatoms. The topological polar surface area (TPSA) is 88.5 Å². The van der Waals surface area contributed by atoms with Crippen LogP contribution in [0.2, 0.25) is 0 Å². The predicted octanol–water partition coefficient (Wildman–Crippen LogP) is 7.41. The van der Waals surface area contributed by atoms with Crippen molar-refractivity contribution in [3.63, 3.8) is 0 Å². The number of hydrogen-bond donors (Lipinski definition) is 1. The highest BCUT2D eigenvalue weighted by atomic mass is 19.1. The molecule has 0 saturated heterocycles. The Morgan fingerprint density at radius 2 is 0.891 bits per heavy atom. The number of Topliss-reactive ketones (excluding diaryl/α,β-unsaturated/α-hetero) is 4. The monoisotopic (exact) mass is 610 g/mol. The molecule has 0 aliphatic heterocycles. The van der Waals surface area contributed by atoms with E-state index in [4.69, 9.17) is 0 Å². The Hall–Kier alpha value is -5.33. The lowest BCUT2D eigenvalue weighted by Crippen LogP contribution is -2.58. The van der Waals surface area contributed by atoms with Crippen molar-refractivity contribution in [3.8, 4) is 0 Å². The zero-order valence-electron chi connectivity index (χ0n) is 24.8. The van der Waals surface area contributed by atoms with E-state index in [1.165, 1.54) is 12.1 Å². The maximum absolute atomic E-state index is 14.8. The Morgan fingerprint density at radius 1 is 0.500 bits per heavy atom. The molecule has 6 rings (SSSR count). The van der Waals surface area contributed by atoms with Crippen LogP contribution in [0.4, 0.5) is 4.39 Å². The molecule has 0 spiro atoms. The summed E-state index contributed by atoms with van der Waals surface area (Å²) in [4.78, 5) is 58.5. The molecule has 0 radical (unpaired) electrons. The second-order valence-electron chi connectivity index (χ2n) is 11.7. The van der Waals surface area contributed by atoms with Gasteiger partial charge in [0.2, 0.25) is 0 Å². The van der Waals surface area contributed by atoms with E-state index in [1.54, 1.807) is 121 Å². The van der Waals surface area contributed by atoms with Crippen LogP contribution >= 0.6 is 0 Å². The summed E-state index contributed by atoms with van der Waals surface area (Å²) in [6.45, 7) is 0. The van der Waals surface area contributed by atoms with Gasteiger partial charge in [-0.25, -0.2) is 4.39 Å². The van der Waals surface area contributed by atoms with E-state index in [1.807, 2.05) is 0 Å². The molecule has 1 aliphatic rings. The molecule has 5 atom stereocenters. The van der Waals surface area contributed by atoms with Crippen molar-refractivity contribution < 1.29 is 28.7 Å². The van der Waals surface area contributed by atoms with Gasteiger partial charge in [-0.15, -0.1) is 0 Å². The fraction of sp³-hybridized carbons (Fsp3) is 0.150. The molecule has 5 nitrogen and oxygen atoms in total. The van der Waals surface area contributed by atoms with Crippen LogP contribution in [0.1, 0.15) is 53.4 Å². The summed E-state index contributed by atoms with van der Waals surface area (Å²) in [5.74, 6) is -8.10. The third-order valence-corrected chi connectivity index (χ3v) is 9.03. The summed E-state index contributed by atoms with van der Waals surface area (Å²) in [6, 6.07) is 38.5. The molecule has 0 aromatic heterocycles. The minimum atomic E-state index is -2.02. The molecular formula is C40H31FO5. The Kier molecular flexibility index (Phi) is 8.64. The highest BCUT2D eigenvalue weighted by Crippen LogP contribution is 2.53. The third kappa shape index (κ3) is 5.75. The zero-order chi connectivity index (χ0) is 32.3. The van der Waals surface area contributed by atoms with Crippen molar-refractivity contribution in [1.29, 1.82) is 0 Å². The maximum Gasteiger partial charge on any atom is 0.169 e. The van der Waals surface area contributed by atoms with Crippen LogP contribution in [0.5, 0.6) is 0 Å². The quantitative estimate of drug-likeness (QED) is 0.176. The molecule has 1 N–H and O–H groups in total. The van der Waals surface area contributed by atoms with Gasteiger partial charge in [0.05, 0.1) is 5.92 Å². The fourth-order valence-corrected chi connectivity index (χ4v) is 6.86. The minimum Gasteiger partial charge on any atom is -0.384 e. The first kappa shape index (κ1) is 30.7. The summed E-state index contributed by atoms with van der Waals surface area (Å²) in [6.07, 6.45) is -0.301. The van der Waals surface area contributed by atoms with Gasteiger partial charge in [0.1, 0.15) is 11.4 Å². The van der Waals surface area contributed by atoms with Crippen molar-refractivity contribution in [2.24, 2.45) is 23.7 Å². The molecule has 1 saturated carbocycles. The van der Waals surface area contributed by atoms with Gasteiger partial charge in [0, 0.05) is 40.0 Å². The number of carbonyl (C=O) groups excluding carboxylic acids is 4. The summed E-state index contributed by atoms with van der Waals surface area (Å²) < 4.78 is 14.0. The van der Waals surface area contributed by atoms with Crippen LogP contribution in [-0.4, -0.2) is 28.2 Å². The SMILES string of the molecule is O=C(c1ccccc1)[C@@H]1[C@@H](C(=O)c2ccc(F)cc2)[C@H](C(=O)c2ccccc2)C[C@](O)(c2ccccc2)[C@@H]1C(=O)c1ccccc1. The van der Waals surface area contributed by atoms with E-state index in [2.05, 4.69) is 0 Å². The van der Waals surface area contributed by atoms with E-state index in [-0.39, 0.29) is 23.1 Å². The molecular weight excluding hydrogens is 579 g/mol. The van der Waals surface area contributed by atoms with Crippen molar-refractivity contribution in [3.05, 3.63) is 179 Å². The lowest BCUT2D eigenvalue weighted by Gasteiger charge is -2.50. The number of ketones is 4. The van der Waals surface area contributed by atoms with E-state index in [9.17, 15) is 28.7 Å². The molecule has 1 fully saturated rings. The van der Waals surface area contributed by atoms with Crippen LogP contribution < -0.4 is 0 Å². The fourth-order valence-electron chi connectivity index (χ4n) is 6.86. The molecule has 0 bridgehead atoms. The van der Waals surface area contributed by atoms with Gasteiger partial charge >= 0.3 is 0 Å². The van der Waals surface area contributed by atoms with E-state index < -0.39 is 58.2 Å². The Morgan fingerprint density at radius 3 is 1.39 bits per heavy atom. The Bertz CT molecular complexity index is 1860. The Labute approximate surface area is 266 Å². The van der Waals surface area contributed by atoms with Crippen molar-refractivity contribution >= 4 is 23.1 Å². The minimum absolute atomic E-state index is 0.0965. The van der Waals surface area contributed by atoms with Gasteiger partial charge in [-0.3, -0.25) is 19.2 Å². The largest absolute Gasteiger partial charge is 0.384 e. The average Bonchev–Trinajstić information content (AvgIpc) is 3.11. The number of hydrogen-bond acceptors (Lipinski definition) is 5. The second-order valence-corrected chi connectivity index (χ2v) is 11.7. The normalized spacial score (nSPS) is 22.5. The maximum atomic E-state index is 14.8. The summed E-state index contributed by atoms with van der Waals surface area (Å²) >= 11 is 0. The van der Waals surface area contributed by atoms with Crippen LogP contribution in [0, 0.1) is 29.5 Å². The molecule has 0 amide bonds. The van der Waals surface area contributed by atoms with Crippen LogP contribution in [0.3, 0.4) is 0 Å². The van der Waals surface area contributed by atoms with Gasteiger partial charge in [0.15, 0.2) is 23.1 Å². The number of rotatable bonds is 9. The summed E-state index contributed by atoms with van der Waals surface area (Å²) in [5.41, 5.74) is -0.767. The van der Waals surface area contributed by atoms with Crippen LogP contribution in [0.25, 0.3) is 0 Å². The van der Waals surface area contributed by atoms with E-state index in [0.717, 1.165) is 12.1 Å². The third-order valence-electron chi connectivity index (χ3n) is 9.03. The number of benzene rings is 5. The average molecular weight is 611 g/mol. The first-order valence-corrected chi connectivity index (χ1v) is 15.1. The molecule has 46 heavy (non-hydrogen) atoms. The van der Waals surface area contributed by atoms with Crippen LogP contribution in [-0.2, 0) is 5.60 Å². The van der Waals surface area contributed by atoms with Crippen molar-refractivity contribution in [1.82, 2.24) is 0 Å². The molecule has 0 unspecified atom stereocenters. The van der Waals surface area contributed by atoms with Gasteiger partial charge in [-0.05, 0) is 36.2 Å². The van der Waals surface area contributed by atoms with Crippen LogP contribution in [0.15, 0.2) is 146 Å². The van der Waals surface area contributed by atoms with Gasteiger partial charge in [-0.2, -0.15) is 0 Å².